The van der Waals surface area contributed by atoms with Gasteiger partial charge in [-0.25, -0.2) is 0 Å². The third kappa shape index (κ3) is 2.58. The number of hydrogen-bond acceptors (Lipinski definition) is 1. The van der Waals surface area contributed by atoms with Crippen molar-refractivity contribution in [2.75, 3.05) is 0 Å². The summed E-state index contributed by atoms with van der Waals surface area (Å²) in [5.74, 6) is 0.599. The molecule has 0 spiro atoms. The predicted octanol–water partition coefficient (Wildman–Crippen LogP) is 6.52. The molecule has 5 rings (SSSR count). The molecule has 0 saturated heterocycles. The minimum atomic E-state index is -0.796. The van der Waals surface area contributed by atoms with Crippen molar-refractivity contribution >= 4 is 16.9 Å². The zero-order valence-corrected chi connectivity index (χ0v) is 17.3. The Labute approximate surface area is 164 Å². The molecule has 0 radical (unpaired) electrons. The zero-order valence-electron chi connectivity index (χ0n) is 14.1. The first-order chi connectivity index (χ1) is 12.3. The maximum absolute atomic E-state index is 2.40. The molecular weight excluding hydrogens is 400 g/mol. The summed E-state index contributed by atoms with van der Waals surface area (Å²) in [4.78, 5) is 0. The van der Waals surface area contributed by atoms with Gasteiger partial charge in [0.25, 0.3) is 0 Å². The van der Waals surface area contributed by atoms with Crippen LogP contribution in [0.5, 0.6) is 0 Å². The molecule has 2 aromatic carbocycles. The fraction of sp³-hybridized carbons (Fsp3) is 0.130. The molecule has 2 heteroatoms. The van der Waals surface area contributed by atoms with E-state index in [-0.39, 0.29) is 0 Å². The van der Waals surface area contributed by atoms with Crippen molar-refractivity contribution in [2.45, 2.75) is 10.5 Å². The molecule has 2 aliphatic rings. The van der Waals surface area contributed by atoms with Crippen molar-refractivity contribution in [3.8, 4) is 11.1 Å². The second-order valence-corrected chi connectivity index (χ2v) is 11.0. The Morgan fingerprint density at radius 2 is 1.56 bits per heavy atom. The van der Waals surface area contributed by atoms with Gasteiger partial charge >= 0.3 is 165 Å². The Bertz CT molecular complexity index is 949. The SMILES string of the molecule is CC1C=CC(c2ccsc2)=[C]1[Zr][CH]1c2ccccc2-c2ccccc21. The monoisotopic (exact) mass is 416 g/mol. The zero-order chi connectivity index (χ0) is 16.8. The van der Waals surface area contributed by atoms with E-state index in [4.69, 9.17) is 0 Å². The quantitative estimate of drug-likeness (QED) is 0.455. The molecule has 0 aliphatic heterocycles. The summed E-state index contributed by atoms with van der Waals surface area (Å²) in [7, 11) is 0. The third-order valence-corrected chi connectivity index (χ3v) is 10.7. The molecule has 0 nitrogen and oxygen atoms in total. The van der Waals surface area contributed by atoms with Crippen molar-refractivity contribution in [3.63, 3.8) is 0 Å². The van der Waals surface area contributed by atoms with E-state index in [9.17, 15) is 0 Å². The first-order valence-electron chi connectivity index (χ1n) is 8.72. The molecule has 0 N–H and O–H groups in total. The fourth-order valence-corrected chi connectivity index (χ4v) is 9.26. The van der Waals surface area contributed by atoms with Crippen molar-refractivity contribution < 1.29 is 23.2 Å². The Morgan fingerprint density at radius 3 is 2.20 bits per heavy atom. The van der Waals surface area contributed by atoms with E-state index in [1.54, 1.807) is 25.7 Å². The third-order valence-electron chi connectivity index (χ3n) is 5.26. The fourth-order valence-electron chi connectivity index (χ4n) is 4.02. The van der Waals surface area contributed by atoms with Crippen LogP contribution in [0.25, 0.3) is 16.7 Å². The number of allylic oxidation sites excluding steroid dienone is 4. The Morgan fingerprint density at radius 1 is 0.880 bits per heavy atom. The van der Waals surface area contributed by atoms with E-state index < -0.39 is 23.2 Å². The Hall–Kier alpha value is -1.50. The molecule has 1 unspecified atom stereocenters. The van der Waals surface area contributed by atoms with Gasteiger partial charge in [-0.05, 0) is 0 Å². The summed E-state index contributed by atoms with van der Waals surface area (Å²) in [5.41, 5.74) is 8.97. The summed E-state index contributed by atoms with van der Waals surface area (Å²) in [6.45, 7) is 2.37. The van der Waals surface area contributed by atoms with Gasteiger partial charge in [-0.1, -0.05) is 0 Å². The second-order valence-electron chi connectivity index (χ2n) is 6.74. The molecule has 0 amide bonds. The summed E-state index contributed by atoms with van der Waals surface area (Å²) in [5, 5.41) is 4.50. The summed E-state index contributed by atoms with van der Waals surface area (Å²) >= 11 is 1.00. The van der Waals surface area contributed by atoms with Gasteiger partial charge in [-0.3, -0.25) is 0 Å². The van der Waals surface area contributed by atoms with Gasteiger partial charge in [0.2, 0.25) is 0 Å². The molecule has 0 bridgehead atoms. The van der Waals surface area contributed by atoms with Crippen LogP contribution < -0.4 is 0 Å². The summed E-state index contributed by atoms with van der Waals surface area (Å²) in [6.07, 6.45) is 4.77. The van der Waals surface area contributed by atoms with Gasteiger partial charge in [-0.15, -0.1) is 0 Å². The van der Waals surface area contributed by atoms with Crippen LogP contribution in [-0.4, -0.2) is 0 Å². The first kappa shape index (κ1) is 15.7. The van der Waals surface area contributed by atoms with Crippen LogP contribution in [0.2, 0.25) is 0 Å². The molecule has 120 valence electrons. The van der Waals surface area contributed by atoms with Crippen molar-refractivity contribution in [2.24, 2.45) is 5.92 Å². The van der Waals surface area contributed by atoms with Gasteiger partial charge < -0.3 is 0 Å². The number of fused-ring (bicyclic) bond motifs is 3. The van der Waals surface area contributed by atoms with Crippen LogP contribution in [0.1, 0.15) is 27.2 Å². The van der Waals surface area contributed by atoms with Crippen molar-refractivity contribution in [1.82, 2.24) is 0 Å². The molecule has 1 atom stereocenters. The Balaban J connectivity index is 1.62. The number of hydrogen-bond donors (Lipinski definition) is 0. The molecule has 0 fully saturated rings. The van der Waals surface area contributed by atoms with Crippen LogP contribution >= 0.6 is 11.3 Å². The average molecular weight is 418 g/mol. The van der Waals surface area contributed by atoms with E-state index in [0.29, 0.717) is 9.54 Å². The van der Waals surface area contributed by atoms with Crippen LogP contribution in [0.4, 0.5) is 0 Å². The van der Waals surface area contributed by atoms with Crippen LogP contribution in [0, 0.1) is 5.92 Å². The van der Waals surface area contributed by atoms with E-state index in [0.717, 1.165) is 0 Å². The van der Waals surface area contributed by atoms with Gasteiger partial charge in [-0.2, -0.15) is 0 Å². The van der Waals surface area contributed by atoms with Gasteiger partial charge in [0.1, 0.15) is 0 Å². The van der Waals surface area contributed by atoms with E-state index in [2.05, 4.69) is 84.4 Å². The molecule has 0 saturated carbocycles. The van der Waals surface area contributed by atoms with Crippen LogP contribution in [0.15, 0.2) is 80.8 Å². The second kappa shape index (κ2) is 6.34. The molecule has 3 aromatic rings. The Kier molecular flexibility index (Phi) is 3.99. The van der Waals surface area contributed by atoms with Crippen LogP contribution in [0.3, 0.4) is 0 Å². The molecule has 1 heterocycles. The minimum absolute atomic E-state index is 0.599. The summed E-state index contributed by atoms with van der Waals surface area (Å²) in [6, 6.07) is 20.4. The normalized spacial score (nSPS) is 18.5. The number of rotatable bonds is 3. The topological polar surface area (TPSA) is 0 Å². The summed E-state index contributed by atoms with van der Waals surface area (Å²) < 4.78 is 2.39. The van der Waals surface area contributed by atoms with Crippen molar-refractivity contribution in [1.29, 1.82) is 0 Å². The van der Waals surface area contributed by atoms with Gasteiger partial charge in [0.15, 0.2) is 0 Å². The standard InChI is InChI=1S/C13H9.C10H9S.Zr/c1-3-7-12-10(5-1)9-11-6-2-4-8-13(11)12;1-8-2-3-9(6-8)10-4-5-11-7-10;/h1-9H;2-5,7-8H,1H3;. The average Bonchev–Trinajstić information content (AvgIpc) is 3.36. The predicted molar refractivity (Wildman–Crippen MR) is 103 cm³/mol. The molecule has 1 aromatic heterocycles. The number of thiophene rings is 1. The number of benzene rings is 2. The van der Waals surface area contributed by atoms with E-state index in [1.165, 1.54) is 22.3 Å². The molecular formula is C23H18SZr. The van der Waals surface area contributed by atoms with Gasteiger partial charge in [0, 0.05) is 0 Å². The molecule has 2 aliphatic carbocycles. The van der Waals surface area contributed by atoms with Crippen LogP contribution in [-0.2, 0) is 23.2 Å². The maximum atomic E-state index is 2.40. The first-order valence-corrected chi connectivity index (χ1v) is 12.3. The van der Waals surface area contributed by atoms with Crippen molar-refractivity contribution in [3.05, 3.63) is 97.5 Å². The van der Waals surface area contributed by atoms with E-state index in [1.807, 2.05) is 0 Å². The van der Waals surface area contributed by atoms with Gasteiger partial charge in [0.05, 0.1) is 0 Å². The van der Waals surface area contributed by atoms with E-state index >= 15 is 0 Å². The molecule has 25 heavy (non-hydrogen) atoms.